The highest BCUT2D eigenvalue weighted by molar-refractivity contribution is 7.13. The van der Waals surface area contributed by atoms with Gasteiger partial charge in [-0.05, 0) is 62.4 Å². The van der Waals surface area contributed by atoms with Crippen LogP contribution in [0, 0.1) is 0 Å². The van der Waals surface area contributed by atoms with Gasteiger partial charge in [-0.1, -0.05) is 6.07 Å². The van der Waals surface area contributed by atoms with E-state index in [1.165, 1.54) is 6.42 Å². The Balaban J connectivity index is 1.43. The van der Waals surface area contributed by atoms with Crippen LogP contribution < -0.4 is 5.32 Å². The number of hydrogen-bond donors (Lipinski definition) is 1. The number of ketones is 1. The Morgan fingerprint density at radius 2 is 2.23 bits per heavy atom. The first-order valence-electron chi connectivity index (χ1n) is 10.2. The Labute approximate surface area is 179 Å². The zero-order chi connectivity index (χ0) is 20.6. The Morgan fingerprint density at radius 3 is 3.03 bits per heavy atom. The van der Waals surface area contributed by atoms with E-state index >= 15 is 0 Å². The van der Waals surface area contributed by atoms with Gasteiger partial charge in [0.05, 0.1) is 28.0 Å². The number of carbonyl (C=O) groups is 1. The van der Waals surface area contributed by atoms with Crippen molar-refractivity contribution >= 4 is 22.8 Å². The third kappa shape index (κ3) is 3.66. The molecule has 4 aromatic heterocycles. The summed E-state index contributed by atoms with van der Waals surface area (Å²) in [5, 5.41) is 9.98. The summed E-state index contributed by atoms with van der Waals surface area (Å²) in [6.45, 7) is 3.25. The van der Waals surface area contributed by atoms with Crippen LogP contribution in [0.5, 0.6) is 0 Å². The normalized spacial score (nSPS) is 18.8. The van der Waals surface area contributed by atoms with Crippen LogP contribution in [0.4, 0.5) is 0 Å². The number of Topliss-reactive ketones (excluding diaryl/α,β-unsaturated/α-hetero) is 1. The molecule has 152 valence electrons. The van der Waals surface area contributed by atoms with Crippen LogP contribution in [0.15, 0.2) is 54.3 Å². The zero-order valence-corrected chi connectivity index (χ0v) is 17.7. The molecule has 0 saturated carbocycles. The first kappa shape index (κ1) is 19.1. The minimum atomic E-state index is 0.0794. The van der Waals surface area contributed by atoms with Crippen LogP contribution in [0.3, 0.4) is 0 Å². The lowest BCUT2D eigenvalue weighted by Crippen LogP contribution is -2.36. The minimum Gasteiger partial charge on any atom is -0.312 e. The molecule has 1 N–H and O–H groups in total. The lowest BCUT2D eigenvalue weighted by Gasteiger charge is -2.23. The van der Waals surface area contributed by atoms with E-state index in [2.05, 4.69) is 28.4 Å². The number of nitrogens with zero attached hydrogens (tertiary/aromatic N) is 4. The van der Waals surface area contributed by atoms with Crippen molar-refractivity contribution in [3.8, 4) is 21.8 Å². The minimum absolute atomic E-state index is 0.0794. The van der Waals surface area contributed by atoms with E-state index in [9.17, 15) is 4.79 Å². The summed E-state index contributed by atoms with van der Waals surface area (Å²) in [4.78, 5) is 23.3. The van der Waals surface area contributed by atoms with Crippen molar-refractivity contribution in [1.82, 2.24) is 24.9 Å². The van der Waals surface area contributed by atoms with Crippen molar-refractivity contribution in [2.75, 3.05) is 6.54 Å². The van der Waals surface area contributed by atoms with Gasteiger partial charge in [0.2, 0.25) is 0 Å². The Hall–Kier alpha value is -2.90. The molecule has 5 heterocycles. The maximum Gasteiger partial charge on any atom is 0.165 e. The van der Waals surface area contributed by atoms with Crippen molar-refractivity contribution in [3.05, 3.63) is 59.9 Å². The average molecular weight is 418 g/mol. The molecule has 1 atom stereocenters. The van der Waals surface area contributed by atoms with Crippen LogP contribution in [0.25, 0.3) is 27.5 Å². The SMILES string of the molecule is C[C@@]1(CCC(=O)c2ccnc(-c3cnn4ccc(-c5cccs5)nc34)c2)CCCN1. The number of hydrogen-bond acceptors (Lipinski definition) is 6. The van der Waals surface area contributed by atoms with Crippen LogP contribution in [-0.2, 0) is 0 Å². The molecule has 1 aliphatic heterocycles. The van der Waals surface area contributed by atoms with Gasteiger partial charge in [0.15, 0.2) is 11.4 Å². The summed E-state index contributed by atoms with van der Waals surface area (Å²) in [5.41, 5.74) is 3.96. The van der Waals surface area contributed by atoms with Crippen LogP contribution in [0.1, 0.15) is 43.0 Å². The highest BCUT2D eigenvalue weighted by atomic mass is 32.1. The van der Waals surface area contributed by atoms with Crippen molar-refractivity contribution in [2.24, 2.45) is 0 Å². The third-order valence-electron chi connectivity index (χ3n) is 5.86. The van der Waals surface area contributed by atoms with Gasteiger partial charge >= 0.3 is 0 Å². The molecule has 4 aromatic rings. The molecule has 0 bridgehead atoms. The van der Waals surface area contributed by atoms with Gasteiger partial charge in [0.1, 0.15) is 0 Å². The second-order valence-electron chi connectivity index (χ2n) is 8.06. The summed E-state index contributed by atoms with van der Waals surface area (Å²) in [6.07, 6.45) is 9.06. The third-order valence-corrected chi connectivity index (χ3v) is 6.75. The van der Waals surface area contributed by atoms with E-state index in [0.29, 0.717) is 12.0 Å². The first-order valence-corrected chi connectivity index (χ1v) is 11.1. The second-order valence-corrected chi connectivity index (χ2v) is 9.01. The average Bonchev–Trinajstić information content (AvgIpc) is 3.53. The molecule has 0 spiro atoms. The van der Waals surface area contributed by atoms with E-state index < -0.39 is 0 Å². The predicted octanol–water partition coefficient (Wildman–Crippen LogP) is 4.62. The van der Waals surface area contributed by atoms with Gasteiger partial charge in [-0.3, -0.25) is 9.78 Å². The molecule has 0 aliphatic carbocycles. The number of rotatable bonds is 6. The zero-order valence-electron chi connectivity index (χ0n) is 16.8. The quantitative estimate of drug-likeness (QED) is 0.463. The van der Waals surface area contributed by atoms with E-state index in [1.807, 2.05) is 29.8 Å². The molecule has 0 radical (unpaired) electrons. The highest BCUT2D eigenvalue weighted by Gasteiger charge is 2.28. The van der Waals surface area contributed by atoms with E-state index in [4.69, 9.17) is 4.98 Å². The second kappa shape index (κ2) is 7.74. The standard InChI is InChI=1S/C23H23N5OS/c1-23(8-3-10-25-23)9-5-20(29)16-6-11-24-19(14-16)17-15-26-28-12-7-18(27-22(17)28)21-4-2-13-30-21/h2,4,6-7,11-15,25H,3,5,8-10H2,1H3/t23-/m0/s1. The first-order chi connectivity index (χ1) is 14.6. The molecule has 0 amide bonds. The lowest BCUT2D eigenvalue weighted by atomic mass is 9.91. The number of carbonyl (C=O) groups excluding carboxylic acids is 1. The Kier molecular flexibility index (Phi) is 4.92. The van der Waals surface area contributed by atoms with Crippen LogP contribution >= 0.6 is 11.3 Å². The smallest absolute Gasteiger partial charge is 0.165 e. The summed E-state index contributed by atoms with van der Waals surface area (Å²) >= 11 is 1.65. The molecule has 5 rings (SSSR count). The lowest BCUT2D eigenvalue weighted by molar-refractivity contribution is 0.0969. The van der Waals surface area contributed by atoms with Gasteiger partial charge in [0.25, 0.3) is 0 Å². The fourth-order valence-corrected chi connectivity index (χ4v) is 4.76. The van der Waals surface area contributed by atoms with Crippen molar-refractivity contribution in [3.63, 3.8) is 0 Å². The summed E-state index contributed by atoms with van der Waals surface area (Å²) < 4.78 is 1.75. The van der Waals surface area contributed by atoms with E-state index in [0.717, 1.165) is 46.9 Å². The van der Waals surface area contributed by atoms with Gasteiger partial charge in [-0.25, -0.2) is 9.50 Å². The molecule has 7 heteroatoms. The number of pyridine rings is 1. The molecular weight excluding hydrogens is 394 g/mol. The summed E-state index contributed by atoms with van der Waals surface area (Å²) in [5.74, 6) is 0.150. The van der Waals surface area contributed by atoms with E-state index in [1.54, 1.807) is 34.3 Å². The summed E-state index contributed by atoms with van der Waals surface area (Å²) in [6, 6.07) is 9.69. The summed E-state index contributed by atoms with van der Waals surface area (Å²) in [7, 11) is 0. The molecule has 30 heavy (non-hydrogen) atoms. The molecule has 0 unspecified atom stereocenters. The number of fused-ring (bicyclic) bond motifs is 1. The molecule has 1 aliphatic rings. The fourth-order valence-electron chi connectivity index (χ4n) is 4.07. The van der Waals surface area contributed by atoms with Gasteiger partial charge < -0.3 is 5.32 Å². The largest absolute Gasteiger partial charge is 0.312 e. The molecule has 1 fully saturated rings. The van der Waals surface area contributed by atoms with Crippen LogP contribution in [0.2, 0.25) is 0 Å². The van der Waals surface area contributed by atoms with Crippen molar-refractivity contribution in [1.29, 1.82) is 0 Å². The van der Waals surface area contributed by atoms with Crippen molar-refractivity contribution in [2.45, 2.75) is 38.1 Å². The Morgan fingerprint density at radius 1 is 1.30 bits per heavy atom. The van der Waals surface area contributed by atoms with E-state index in [-0.39, 0.29) is 11.3 Å². The number of aromatic nitrogens is 4. The van der Waals surface area contributed by atoms with Gasteiger partial charge in [0, 0.05) is 29.9 Å². The maximum atomic E-state index is 12.8. The monoisotopic (exact) mass is 417 g/mol. The molecule has 6 nitrogen and oxygen atoms in total. The Bertz CT molecular complexity index is 1190. The molecular formula is C23H23N5OS. The van der Waals surface area contributed by atoms with Gasteiger partial charge in [-0.2, -0.15) is 5.10 Å². The highest BCUT2D eigenvalue weighted by Crippen LogP contribution is 2.28. The van der Waals surface area contributed by atoms with Gasteiger partial charge in [-0.15, -0.1) is 11.3 Å². The number of thiophene rings is 1. The predicted molar refractivity (Wildman–Crippen MR) is 119 cm³/mol. The molecule has 0 aromatic carbocycles. The molecule has 1 saturated heterocycles. The maximum absolute atomic E-state index is 12.8. The van der Waals surface area contributed by atoms with Crippen LogP contribution in [-0.4, -0.2) is 37.4 Å². The topological polar surface area (TPSA) is 72.2 Å². The van der Waals surface area contributed by atoms with Crippen molar-refractivity contribution < 1.29 is 4.79 Å². The fraction of sp³-hybridized carbons (Fsp3) is 0.304. The number of nitrogens with one attached hydrogen (secondary N) is 1.